The van der Waals surface area contributed by atoms with Gasteiger partial charge in [0.2, 0.25) is 11.8 Å². The first-order valence-electron chi connectivity index (χ1n) is 6.65. The highest BCUT2D eigenvalue weighted by molar-refractivity contribution is 8.00. The maximum atomic E-state index is 13.1. The Morgan fingerprint density at radius 1 is 1.29 bits per heavy atom. The quantitative estimate of drug-likeness (QED) is 0.864. The van der Waals surface area contributed by atoms with Crippen LogP contribution in [-0.4, -0.2) is 35.1 Å². The van der Waals surface area contributed by atoms with Gasteiger partial charge in [-0.25, -0.2) is 8.78 Å². The lowest BCUT2D eigenvalue weighted by atomic mass is 10.0. The van der Waals surface area contributed by atoms with E-state index in [0.717, 1.165) is 36.7 Å². The molecule has 0 aliphatic carbocycles. The second kappa shape index (κ2) is 6.89. The first kappa shape index (κ1) is 15.8. The SMILES string of the molecule is NC(=O)[C@@H]1CCCCN1C(=O)CSc1ccc(F)c(F)c1. The summed E-state index contributed by atoms with van der Waals surface area (Å²) in [5.74, 6) is -2.51. The topological polar surface area (TPSA) is 63.4 Å². The molecule has 4 nitrogen and oxygen atoms in total. The van der Waals surface area contributed by atoms with E-state index < -0.39 is 23.6 Å². The Labute approximate surface area is 125 Å². The molecule has 1 saturated heterocycles. The third-order valence-corrected chi connectivity index (χ3v) is 4.38. The third kappa shape index (κ3) is 3.93. The van der Waals surface area contributed by atoms with Gasteiger partial charge in [0.15, 0.2) is 11.6 Å². The van der Waals surface area contributed by atoms with Crippen molar-refractivity contribution in [1.29, 1.82) is 0 Å². The summed E-state index contributed by atoms with van der Waals surface area (Å²) in [6, 6.07) is 2.93. The van der Waals surface area contributed by atoms with Crippen molar-refractivity contribution in [2.75, 3.05) is 12.3 Å². The number of nitrogens with two attached hydrogens (primary N) is 1. The Morgan fingerprint density at radius 3 is 2.71 bits per heavy atom. The van der Waals surface area contributed by atoms with E-state index in [4.69, 9.17) is 5.73 Å². The zero-order valence-electron chi connectivity index (χ0n) is 11.4. The molecule has 0 bridgehead atoms. The van der Waals surface area contributed by atoms with Crippen molar-refractivity contribution >= 4 is 23.6 Å². The number of piperidine rings is 1. The van der Waals surface area contributed by atoms with E-state index in [-0.39, 0.29) is 11.7 Å². The third-order valence-electron chi connectivity index (χ3n) is 3.40. The molecule has 114 valence electrons. The number of carbonyl (C=O) groups is 2. The zero-order valence-corrected chi connectivity index (χ0v) is 12.2. The standard InChI is InChI=1S/C14H16F2N2O2S/c15-10-5-4-9(7-11(10)16)21-8-13(19)18-6-2-1-3-12(18)14(17)20/h4-5,7,12H,1-3,6,8H2,(H2,17,20)/t12-/m0/s1. The Kier molecular flexibility index (Phi) is 5.17. The summed E-state index contributed by atoms with van der Waals surface area (Å²) < 4.78 is 25.9. The summed E-state index contributed by atoms with van der Waals surface area (Å²) in [6.07, 6.45) is 2.29. The van der Waals surface area contributed by atoms with Crippen molar-refractivity contribution < 1.29 is 18.4 Å². The van der Waals surface area contributed by atoms with Crippen molar-refractivity contribution in [1.82, 2.24) is 4.90 Å². The maximum Gasteiger partial charge on any atom is 0.240 e. The van der Waals surface area contributed by atoms with Gasteiger partial charge in [-0.1, -0.05) is 0 Å². The molecule has 2 rings (SSSR count). The van der Waals surface area contributed by atoms with Gasteiger partial charge < -0.3 is 10.6 Å². The van der Waals surface area contributed by atoms with Gasteiger partial charge in [0, 0.05) is 11.4 Å². The molecule has 1 atom stereocenters. The van der Waals surface area contributed by atoms with Crippen LogP contribution in [0.2, 0.25) is 0 Å². The van der Waals surface area contributed by atoms with Crippen LogP contribution in [0.4, 0.5) is 8.78 Å². The Morgan fingerprint density at radius 2 is 2.05 bits per heavy atom. The van der Waals surface area contributed by atoms with Gasteiger partial charge in [-0.3, -0.25) is 9.59 Å². The van der Waals surface area contributed by atoms with E-state index in [0.29, 0.717) is 17.9 Å². The number of amides is 2. The van der Waals surface area contributed by atoms with Crippen LogP contribution in [0.15, 0.2) is 23.1 Å². The van der Waals surface area contributed by atoms with E-state index in [1.807, 2.05) is 0 Å². The van der Waals surface area contributed by atoms with Crippen LogP contribution in [0.5, 0.6) is 0 Å². The molecule has 0 spiro atoms. The fraction of sp³-hybridized carbons (Fsp3) is 0.429. The van der Waals surface area contributed by atoms with E-state index in [9.17, 15) is 18.4 Å². The molecule has 1 aliphatic rings. The summed E-state index contributed by atoms with van der Waals surface area (Å²) in [4.78, 5) is 25.5. The van der Waals surface area contributed by atoms with Crippen LogP contribution in [-0.2, 0) is 9.59 Å². The number of carbonyl (C=O) groups excluding carboxylic acids is 2. The Bertz CT molecular complexity index is 554. The highest BCUT2D eigenvalue weighted by Gasteiger charge is 2.30. The molecule has 1 heterocycles. The lowest BCUT2D eigenvalue weighted by Gasteiger charge is -2.33. The minimum Gasteiger partial charge on any atom is -0.368 e. The second-order valence-electron chi connectivity index (χ2n) is 4.87. The van der Waals surface area contributed by atoms with Gasteiger partial charge in [-0.15, -0.1) is 11.8 Å². The molecule has 21 heavy (non-hydrogen) atoms. The van der Waals surface area contributed by atoms with Crippen molar-refractivity contribution in [3.8, 4) is 0 Å². The van der Waals surface area contributed by atoms with Gasteiger partial charge >= 0.3 is 0 Å². The largest absolute Gasteiger partial charge is 0.368 e. The number of thioether (sulfide) groups is 1. The minimum absolute atomic E-state index is 0.0643. The van der Waals surface area contributed by atoms with E-state index in [2.05, 4.69) is 0 Å². The average molecular weight is 314 g/mol. The van der Waals surface area contributed by atoms with Crippen molar-refractivity contribution in [2.24, 2.45) is 5.73 Å². The van der Waals surface area contributed by atoms with E-state index in [1.54, 1.807) is 0 Å². The van der Waals surface area contributed by atoms with Gasteiger partial charge in [0.25, 0.3) is 0 Å². The van der Waals surface area contributed by atoms with Gasteiger partial charge in [-0.05, 0) is 37.5 Å². The van der Waals surface area contributed by atoms with Crippen molar-refractivity contribution in [2.45, 2.75) is 30.2 Å². The number of likely N-dealkylation sites (tertiary alicyclic amines) is 1. The van der Waals surface area contributed by atoms with Crippen molar-refractivity contribution in [3.05, 3.63) is 29.8 Å². The fourth-order valence-electron chi connectivity index (χ4n) is 2.32. The van der Waals surface area contributed by atoms with Gasteiger partial charge in [-0.2, -0.15) is 0 Å². The Balaban J connectivity index is 1.96. The molecule has 0 radical (unpaired) electrons. The molecular weight excluding hydrogens is 298 g/mol. The first-order chi connectivity index (χ1) is 9.99. The Hall–Kier alpha value is -1.63. The van der Waals surface area contributed by atoms with E-state index in [1.165, 1.54) is 11.0 Å². The highest BCUT2D eigenvalue weighted by Crippen LogP contribution is 2.23. The maximum absolute atomic E-state index is 13.1. The van der Waals surface area contributed by atoms with Crippen molar-refractivity contribution in [3.63, 3.8) is 0 Å². The summed E-state index contributed by atoms with van der Waals surface area (Å²) in [5.41, 5.74) is 5.31. The van der Waals surface area contributed by atoms with Crippen LogP contribution in [0.1, 0.15) is 19.3 Å². The molecule has 1 aromatic carbocycles. The summed E-state index contributed by atoms with van der Waals surface area (Å²) in [5, 5.41) is 0. The number of primary amides is 1. The summed E-state index contributed by atoms with van der Waals surface area (Å²) >= 11 is 1.11. The average Bonchev–Trinajstić information content (AvgIpc) is 2.48. The van der Waals surface area contributed by atoms with Crippen LogP contribution in [0.3, 0.4) is 0 Å². The summed E-state index contributed by atoms with van der Waals surface area (Å²) in [7, 11) is 0. The number of rotatable bonds is 4. The number of nitrogens with zero attached hydrogens (tertiary/aromatic N) is 1. The number of halogens is 2. The predicted octanol–water partition coefficient (Wildman–Crippen LogP) is 1.92. The first-order valence-corrected chi connectivity index (χ1v) is 7.64. The minimum atomic E-state index is -0.944. The normalized spacial score (nSPS) is 18.6. The molecule has 0 saturated carbocycles. The number of hydrogen-bond acceptors (Lipinski definition) is 3. The fourth-order valence-corrected chi connectivity index (χ4v) is 3.13. The molecule has 1 fully saturated rings. The molecule has 0 unspecified atom stereocenters. The second-order valence-corrected chi connectivity index (χ2v) is 5.91. The molecule has 2 amide bonds. The number of benzene rings is 1. The number of hydrogen-bond donors (Lipinski definition) is 1. The smallest absolute Gasteiger partial charge is 0.240 e. The van der Waals surface area contributed by atoms with Crippen LogP contribution in [0.25, 0.3) is 0 Å². The van der Waals surface area contributed by atoms with Gasteiger partial charge in [0.05, 0.1) is 5.75 Å². The monoisotopic (exact) mass is 314 g/mol. The van der Waals surface area contributed by atoms with E-state index >= 15 is 0 Å². The van der Waals surface area contributed by atoms with Crippen LogP contribution < -0.4 is 5.73 Å². The molecule has 2 N–H and O–H groups in total. The summed E-state index contributed by atoms with van der Waals surface area (Å²) in [6.45, 7) is 0.505. The van der Waals surface area contributed by atoms with Crippen LogP contribution >= 0.6 is 11.8 Å². The zero-order chi connectivity index (χ0) is 15.4. The lowest BCUT2D eigenvalue weighted by molar-refractivity contribution is -0.138. The van der Waals surface area contributed by atoms with Crippen LogP contribution in [0, 0.1) is 11.6 Å². The molecule has 0 aromatic heterocycles. The highest BCUT2D eigenvalue weighted by atomic mass is 32.2. The molecule has 1 aliphatic heterocycles. The van der Waals surface area contributed by atoms with Gasteiger partial charge in [0.1, 0.15) is 6.04 Å². The predicted molar refractivity (Wildman–Crippen MR) is 75.6 cm³/mol. The lowest BCUT2D eigenvalue weighted by Crippen LogP contribution is -2.51. The molecular formula is C14H16F2N2O2S. The molecule has 1 aromatic rings. The molecule has 7 heteroatoms.